The molecular formula is C30H35Cl2N7O3. The zero-order chi connectivity index (χ0) is 29.8. The smallest absolute Gasteiger partial charge is 0.410 e. The predicted molar refractivity (Wildman–Crippen MR) is 166 cm³/mol. The molecule has 222 valence electrons. The molecule has 2 aliphatic carbocycles. The number of H-pyrrole nitrogens is 1. The van der Waals surface area contributed by atoms with E-state index in [-0.39, 0.29) is 29.8 Å². The number of benzene rings is 1. The van der Waals surface area contributed by atoms with Crippen molar-refractivity contribution in [3.05, 3.63) is 67.8 Å². The number of carbonyl (C=O) groups excluding carboxylic acids is 1. The van der Waals surface area contributed by atoms with E-state index in [0.29, 0.717) is 51.9 Å². The molecule has 1 saturated heterocycles. The van der Waals surface area contributed by atoms with Crippen LogP contribution in [-0.2, 0) is 4.74 Å². The van der Waals surface area contributed by atoms with Crippen LogP contribution in [0.15, 0.2) is 40.1 Å². The van der Waals surface area contributed by atoms with Gasteiger partial charge in [0.1, 0.15) is 11.4 Å². The van der Waals surface area contributed by atoms with Gasteiger partial charge in [-0.1, -0.05) is 41.4 Å². The van der Waals surface area contributed by atoms with Crippen molar-refractivity contribution >= 4 is 52.6 Å². The third-order valence-corrected chi connectivity index (χ3v) is 8.75. The summed E-state index contributed by atoms with van der Waals surface area (Å²) in [7, 11) is 1.89. The SMILES string of the molecule is CN1C(Nc2c(Cl)cccc2Cl)=NC2C=Cc3nc(C4=CC(N5CCN(C(=O)OC(C)(C)C)CC5)CC4)[nH]c(=O)c3C21. The van der Waals surface area contributed by atoms with Crippen LogP contribution in [0.5, 0.6) is 0 Å². The first-order chi connectivity index (χ1) is 20.0. The number of nitrogens with one attached hydrogen (secondary N) is 2. The zero-order valence-corrected chi connectivity index (χ0v) is 25.7. The Morgan fingerprint density at radius 2 is 1.86 bits per heavy atom. The Morgan fingerprint density at radius 1 is 1.14 bits per heavy atom. The summed E-state index contributed by atoms with van der Waals surface area (Å²) in [6.45, 7) is 8.45. The number of ether oxygens (including phenoxy) is 1. The summed E-state index contributed by atoms with van der Waals surface area (Å²) in [5.41, 5.74) is 2.19. The van der Waals surface area contributed by atoms with Crippen LogP contribution >= 0.6 is 23.2 Å². The lowest BCUT2D eigenvalue weighted by atomic mass is 9.93. The van der Waals surface area contributed by atoms with Crippen molar-refractivity contribution < 1.29 is 9.53 Å². The van der Waals surface area contributed by atoms with E-state index in [4.69, 9.17) is 37.9 Å². The predicted octanol–water partition coefficient (Wildman–Crippen LogP) is 5.03. The lowest BCUT2D eigenvalue weighted by Gasteiger charge is -2.37. The third kappa shape index (κ3) is 5.55. The summed E-state index contributed by atoms with van der Waals surface area (Å²) in [6, 6.07) is 5.00. The van der Waals surface area contributed by atoms with Gasteiger partial charge >= 0.3 is 6.09 Å². The van der Waals surface area contributed by atoms with Crippen LogP contribution in [0.3, 0.4) is 0 Å². The molecule has 2 N–H and O–H groups in total. The van der Waals surface area contributed by atoms with Gasteiger partial charge < -0.3 is 24.8 Å². The van der Waals surface area contributed by atoms with E-state index in [0.717, 1.165) is 31.5 Å². The number of guanidine groups is 1. The van der Waals surface area contributed by atoms with Crippen LogP contribution < -0.4 is 10.9 Å². The normalized spacial score (nSPS) is 23.8. The minimum Gasteiger partial charge on any atom is -0.444 e. The van der Waals surface area contributed by atoms with Crippen LogP contribution in [0.25, 0.3) is 11.6 Å². The number of hydrogen-bond donors (Lipinski definition) is 2. The van der Waals surface area contributed by atoms with Gasteiger partial charge in [-0.15, -0.1) is 0 Å². The fourth-order valence-corrected chi connectivity index (χ4v) is 6.52. The van der Waals surface area contributed by atoms with Crippen molar-refractivity contribution in [1.29, 1.82) is 0 Å². The Balaban J connectivity index is 1.15. The Kier molecular flexibility index (Phi) is 7.57. The highest BCUT2D eigenvalue weighted by atomic mass is 35.5. The maximum Gasteiger partial charge on any atom is 0.410 e. The van der Waals surface area contributed by atoms with Gasteiger partial charge in [-0.3, -0.25) is 9.69 Å². The number of amides is 1. The molecule has 2 aromatic rings. The van der Waals surface area contributed by atoms with Crippen LogP contribution in [-0.4, -0.2) is 87.6 Å². The van der Waals surface area contributed by atoms with Gasteiger partial charge in [0, 0.05) is 39.3 Å². The molecule has 1 aromatic heterocycles. The van der Waals surface area contributed by atoms with Crippen LogP contribution in [0.1, 0.15) is 56.7 Å². The van der Waals surface area contributed by atoms with E-state index in [1.807, 2.05) is 44.9 Å². The maximum absolute atomic E-state index is 13.5. The average molecular weight is 613 g/mol. The fourth-order valence-electron chi connectivity index (χ4n) is 6.03. The minimum atomic E-state index is -0.504. The molecule has 42 heavy (non-hydrogen) atoms. The standard InChI is InChI=1S/C30H35Cl2N7O3/c1-30(2,3)42-29(41)39-14-12-38(13-15-39)18-9-8-17(16-18)26-33-21-10-11-22-25(23(21)27(40)36-26)37(4)28(34-22)35-24-19(31)6-5-7-20(24)32/h5-7,10-11,16,18,22,25H,8-9,12-15H2,1-4H3,(H,34,35)(H,33,36,40). The number of aromatic amines is 1. The average Bonchev–Trinajstić information content (AvgIpc) is 3.55. The molecule has 12 heteroatoms. The fraction of sp³-hybridized carbons (Fsp3) is 0.467. The van der Waals surface area contributed by atoms with Gasteiger partial charge in [0.25, 0.3) is 5.56 Å². The summed E-state index contributed by atoms with van der Waals surface area (Å²) < 4.78 is 5.53. The van der Waals surface area contributed by atoms with E-state index in [1.54, 1.807) is 23.1 Å². The van der Waals surface area contributed by atoms with E-state index >= 15 is 0 Å². The molecule has 1 fully saturated rings. The minimum absolute atomic E-state index is 0.163. The van der Waals surface area contributed by atoms with Crippen molar-refractivity contribution in [3.63, 3.8) is 0 Å². The second kappa shape index (κ2) is 11.1. The highest BCUT2D eigenvalue weighted by Crippen LogP contribution is 2.38. The van der Waals surface area contributed by atoms with Gasteiger partial charge in [-0.25, -0.2) is 14.8 Å². The molecule has 10 nitrogen and oxygen atoms in total. The number of nitrogens with zero attached hydrogens (tertiary/aromatic N) is 5. The van der Waals surface area contributed by atoms with Crippen molar-refractivity contribution in [1.82, 2.24) is 24.7 Å². The summed E-state index contributed by atoms with van der Waals surface area (Å²) in [4.78, 5) is 44.8. The molecule has 6 rings (SSSR count). The maximum atomic E-state index is 13.5. The monoisotopic (exact) mass is 611 g/mol. The molecule has 0 radical (unpaired) electrons. The number of likely N-dealkylation sites (N-methyl/N-ethyl adjacent to an activating group) is 1. The first-order valence-electron chi connectivity index (χ1n) is 14.3. The Morgan fingerprint density at radius 3 is 2.55 bits per heavy atom. The van der Waals surface area contributed by atoms with Crippen LogP contribution in [0, 0.1) is 0 Å². The van der Waals surface area contributed by atoms with Gasteiger partial charge in [0.05, 0.1) is 39.1 Å². The first-order valence-corrected chi connectivity index (χ1v) is 15.0. The molecule has 0 bridgehead atoms. The number of allylic oxidation sites excluding steroid dienone is 1. The molecule has 1 amide bonds. The van der Waals surface area contributed by atoms with Crippen molar-refractivity contribution in [2.45, 2.75) is 57.3 Å². The number of anilines is 1. The van der Waals surface area contributed by atoms with E-state index < -0.39 is 5.60 Å². The highest BCUT2D eigenvalue weighted by Gasteiger charge is 2.40. The molecule has 3 atom stereocenters. The molecule has 0 spiro atoms. The Labute approximate surface area is 255 Å². The molecule has 0 saturated carbocycles. The van der Waals surface area contributed by atoms with Crippen LogP contribution in [0.4, 0.5) is 10.5 Å². The molecular weight excluding hydrogens is 577 g/mol. The topological polar surface area (TPSA) is 106 Å². The van der Waals surface area contributed by atoms with Gasteiger partial charge in [0.2, 0.25) is 0 Å². The number of para-hydroxylation sites is 1. The van der Waals surface area contributed by atoms with Crippen molar-refractivity contribution in [2.24, 2.45) is 4.99 Å². The number of hydrogen-bond acceptors (Lipinski definition) is 8. The third-order valence-electron chi connectivity index (χ3n) is 8.12. The summed E-state index contributed by atoms with van der Waals surface area (Å²) in [5, 5.41) is 4.22. The highest BCUT2D eigenvalue weighted by molar-refractivity contribution is 6.39. The molecule has 3 heterocycles. The van der Waals surface area contributed by atoms with Crippen LogP contribution in [0.2, 0.25) is 10.0 Å². The van der Waals surface area contributed by atoms with E-state index in [9.17, 15) is 9.59 Å². The zero-order valence-electron chi connectivity index (χ0n) is 24.2. The summed E-state index contributed by atoms with van der Waals surface area (Å²) in [6.07, 6.45) is 7.59. The van der Waals surface area contributed by atoms with E-state index in [2.05, 4.69) is 21.3 Å². The molecule has 1 aromatic carbocycles. The van der Waals surface area contributed by atoms with Gasteiger partial charge in [-0.2, -0.15) is 0 Å². The van der Waals surface area contributed by atoms with Gasteiger partial charge in [0.15, 0.2) is 5.96 Å². The first kappa shape index (κ1) is 28.8. The Hall–Kier alpha value is -3.34. The number of piperazine rings is 1. The number of carbonyl (C=O) groups is 1. The number of fused-ring (bicyclic) bond motifs is 3. The second-order valence-electron chi connectivity index (χ2n) is 12.1. The number of rotatable bonds is 3. The quantitative estimate of drug-likeness (QED) is 0.501. The number of aliphatic imine (C=N–C) groups is 1. The van der Waals surface area contributed by atoms with Crippen molar-refractivity contribution in [3.8, 4) is 0 Å². The summed E-state index contributed by atoms with van der Waals surface area (Å²) >= 11 is 12.7. The molecule has 4 aliphatic rings. The summed E-state index contributed by atoms with van der Waals surface area (Å²) in [5.74, 6) is 1.19. The molecule has 3 unspecified atom stereocenters. The largest absolute Gasteiger partial charge is 0.444 e. The lowest BCUT2D eigenvalue weighted by Crippen LogP contribution is -2.52. The van der Waals surface area contributed by atoms with Crippen molar-refractivity contribution in [2.75, 3.05) is 38.5 Å². The van der Waals surface area contributed by atoms with Gasteiger partial charge in [-0.05, 0) is 57.4 Å². The van der Waals surface area contributed by atoms with E-state index in [1.165, 1.54) is 0 Å². The number of aromatic nitrogens is 2. The second-order valence-corrected chi connectivity index (χ2v) is 12.9. The number of halogens is 2. The Bertz CT molecular complexity index is 1530. The lowest BCUT2D eigenvalue weighted by molar-refractivity contribution is 0.0123. The molecule has 2 aliphatic heterocycles.